The number of rotatable bonds is 6. The van der Waals surface area contributed by atoms with Crippen molar-refractivity contribution in [1.82, 2.24) is 0 Å². The summed E-state index contributed by atoms with van der Waals surface area (Å²) >= 11 is 14.4. The Morgan fingerprint density at radius 3 is 2.58 bits per heavy atom. The highest BCUT2D eigenvalue weighted by Gasteiger charge is 2.11. The van der Waals surface area contributed by atoms with Crippen LogP contribution in [0, 0.1) is 21.8 Å². The molecule has 0 atom stereocenters. The summed E-state index contributed by atoms with van der Waals surface area (Å²) < 4.78 is 6.72. The highest BCUT2D eigenvalue weighted by molar-refractivity contribution is 14.1. The van der Waals surface area contributed by atoms with Crippen LogP contribution in [0.1, 0.15) is 16.7 Å². The van der Waals surface area contributed by atoms with Gasteiger partial charge in [0.05, 0.1) is 3.57 Å². The van der Waals surface area contributed by atoms with Crippen LogP contribution in [0.3, 0.4) is 0 Å². The second kappa shape index (κ2) is 10.7. The van der Waals surface area contributed by atoms with Crippen LogP contribution in [-0.2, 0) is 11.4 Å². The molecule has 1 amide bonds. The average molecular weight is 563 g/mol. The molecule has 31 heavy (non-hydrogen) atoms. The number of nitrogens with one attached hydrogen (secondary N) is 1. The van der Waals surface area contributed by atoms with E-state index in [0.29, 0.717) is 33.7 Å². The van der Waals surface area contributed by atoms with Gasteiger partial charge in [-0.2, -0.15) is 5.26 Å². The quantitative estimate of drug-likeness (QED) is 0.199. The molecule has 0 spiro atoms. The minimum Gasteiger partial charge on any atom is -0.488 e. The number of amides is 1. The van der Waals surface area contributed by atoms with Crippen molar-refractivity contribution in [3.63, 3.8) is 0 Å². The van der Waals surface area contributed by atoms with E-state index in [2.05, 4.69) is 27.9 Å². The summed E-state index contributed by atoms with van der Waals surface area (Å²) in [5, 5.41) is 13.3. The van der Waals surface area contributed by atoms with Crippen LogP contribution in [0.15, 0.2) is 66.2 Å². The number of carbonyl (C=O) groups excluding carboxylic acids is 1. The van der Waals surface area contributed by atoms with Gasteiger partial charge in [0.2, 0.25) is 0 Å². The Kier molecular flexibility index (Phi) is 7.97. The number of nitrogens with zero attached hydrogens (tertiary/aromatic N) is 1. The number of nitriles is 1. The fourth-order valence-corrected chi connectivity index (χ4v) is 3.75. The van der Waals surface area contributed by atoms with Crippen molar-refractivity contribution < 1.29 is 9.53 Å². The molecular formula is C24H17Cl2IN2O2. The third-order valence-corrected chi connectivity index (χ3v) is 6.02. The summed E-state index contributed by atoms with van der Waals surface area (Å²) in [6, 6.07) is 20.1. The van der Waals surface area contributed by atoms with Crippen molar-refractivity contribution in [2.75, 3.05) is 5.32 Å². The normalized spacial score (nSPS) is 11.0. The first kappa shape index (κ1) is 23.1. The van der Waals surface area contributed by atoms with Gasteiger partial charge in [0.25, 0.3) is 5.91 Å². The molecule has 0 aromatic heterocycles. The summed E-state index contributed by atoms with van der Waals surface area (Å²) in [5.41, 5.74) is 3.02. The second-order valence-corrected chi connectivity index (χ2v) is 8.63. The van der Waals surface area contributed by atoms with E-state index in [1.807, 2.05) is 43.3 Å². The predicted molar refractivity (Wildman–Crippen MR) is 133 cm³/mol. The van der Waals surface area contributed by atoms with Gasteiger partial charge in [0, 0.05) is 21.3 Å². The number of benzene rings is 3. The van der Waals surface area contributed by atoms with Crippen molar-refractivity contribution >= 4 is 63.5 Å². The van der Waals surface area contributed by atoms with Crippen LogP contribution < -0.4 is 10.1 Å². The fourth-order valence-electron chi connectivity index (χ4n) is 2.68. The molecule has 0 unspecified atom stereocenters. The maximum atomic E-state index is 12.5. The van der Waals surface area contributed by atoms with Crippen LogP contribution in [-0.4, -0.2) is 5.91 Å². The Balaban J connectivity index is 1.72. The maximum Gasteiger partial charge on any atom is 0.266 e. The zero-order valence-electron chi connectivity index (χ0n) is 16.5. The van der Waals surface area contributed by atoms with Gasteiger partial charge in [-0.25, -0.2) is 0 Å². The number of carbonyl (C=O) groups is 1. The largest absolute Gasteiger partial charge is 0.488 e. The Bertz CT molecular complexity index is 1200. The second-order valence-electron chi connectivity index (χ2n) is 6.66. The number of hydrogen-bond donors (Lipinski definition) is 1. The summed E-state index contributed by atoms with van der Waals surface area (Å²) in [6.07, 6.45) is 1.53. The van der Waals surface area contributed by atoms with Crippen LogP contribution in [0.4, 0.5) is 5.69 Å². The molecule has 0 saturated carbocycles. The number of ether oxygens (including phenoxy) is 1. The molecule has 0 saturated heterocycles. The zero-order chi connectivity index (χ0) is 22.4. The molecule has 1 N–H and O–H groups in total. The van der Waals surface area contributed by atoms with E-state index in [4.69, 9.17) is 27.9 Å². The highest BCUT2D eigenvalue weighted by Crippen LogP contribution is 2.26. The zero-order valence-corrected chi connectivity index (χ0v) is 20.1. The Labute approximate surface area is 204 Å². The monoisotopic (exact) mass is 562 g/mol. The Hall–Kier alpha value is -2.53. The molecule has 0 heterocycles. The lowest BCUT2D eigenvalue weighted by Crippen LogP contribution is -2.13. The lowest BCUT2D eigenvalue weighted by Gasteiger charge is -2.10. The van der Waals surface area contributed by atoms with Gasteiger partial charge in [-0.1, -0.05) is 53.5 Å². The molecule has 0 fully saturated rings. The molecule has 0 radical (unpaired) electrons. The van der Waals surface area contributed by atoms with Gasteiger partial charge < -0.3 is 10.1 Å². The van der Waals surface area contributed by atoms with Gasteiger partial charge >= 0.3 is 0 Å². The van der Waals surface area contributed by atoms with E-state index in [1.54, 1.807) is 30.3 Å². The Morgan fingerprint density at radius 1 is 1.13 bits per heavy atom. The fraction of sp³-hybridized carbons (Fsp3) is 0.0833. The molecule has 0 aliphatic heterocycles. The van der Waals surface area contributed by atoms with E-state index >= 15 is 0 Å². The van der Waals surface area contributed by atoms with E-state index in [0.717, 1.165) is 14.7 Å². The van der Waals surface area contributed by atoms with Gasteiger partial charge in [0.15, 0.2) is 0 Å². The van der Waals surface area contributed by atoms with E-state index in [-0.39, 0.29) is 5.57 Å². The summed E-state index contributed by atoms with van der Waals surface area (Å²) in [6.45, 7) is 2.22. The number of anilines is 1. The lowest BCUT2D eigenvalue weighted by molar-refractivity contribution is -0.112. The molecule has 156 valence electrons. The van der Waals surface area contributed by atoms with Gasteiger partial charge in [-0.15, -0.1) is 0 Å². The average Bonchev–Trinajstić information content (AvgIpc) is 2.75. The van der Waals surface area contributed by atoms with Crippen LogP contribution in [0.2, 0.25) is 10.0 Å². The van der Waals surface area contributed by atoms with Crippen molar-refractivity contribution in [2.24, 2.45) is 0 Å². The first-order valence-corrected chi connectivity index (χ1v) is 11.1. The number of halogens is 3. The van der Waals surface area contributed by atoms with Gasteiger partial charge in [0.1, 0.15) is 24.0 Å². The van der Waals surface area contributed by atoms with Gasteiger partial charge in [-0.3, -0.25) is 4.79 Å². The van der Waals surface area contributed by atoms with Crippen molar-refractivity contribution in [2.45, 2.75) is 13.5 Å². The maximum absolute atomic E-state index is 12.5. The Morgan fingerprint density at radius 2 is 1.90 bits per heavy atom. The number of hydrogen-bond acceptors (Lipinski definition) is 3. The minimum absolute atomic E-state index is 0.0165. The van der Waals surface area contributed by atoms with E-state index < -0.39 is 5.91 Å². The van der Waals surface area contributed by atoms with E-state index in [1.165, 1.54) is 6.08 Å². The van der Waals surface area contributed by atoms with Crippen LogP contribution in [0.25, 0.3) is 6.08 Å². The standard InChI is InChI=1S/C24H17Cl2IN2O2/c1-15-6-8-19(12-21(15)26)29-24(30)18(13-28)10-16-7-9-23(22(27)11-16)31-14-17-4-2-3-5-20(17)25/h2-12H,14H2,1H3,(H,29,30)/b18-10-. The highest BCUT2D eigenvalue weighted by atomic mass is 127. The molecule has 4 nitrogen and oxygen atoms in total. The predicted octanol–water partition coefficient (Wildman–Crippen LogP) is 7.03. The third-order valence-electron chi connectivity index (χ3n) is 4.40. The molecule has 3 aromatic rings. The molecule has 7 heteroatoms. The topological polar surface area (TPSA) is 62.1 Å². The number of aryl methyl sites for hydroxylation is 1. The van der Waals surface area contributed by atoms with Gasteiger partial charge in [-0.05, 0) is 77.0 Å². The SMILES string of the molecule is Cc1ccc(NC(=O)/C(C#N)=C\c2ccc(OCc3ccccc3Cl)c(I)c2)cc1Cl. The third kappa shape index (κ3) is 6.23. The summed E-state index contributed by atoms with van der Waals surface area (Å²) in [5.74, 6) is 0.186. The minimum atomic E-state index is -0.503. The molecule has 0 aliphatic rings. The van der Waals surface area contributed by atoms with Crippen LogP contribution >= 0.6 is 45.8 Å². The van der Waals surface area contributed by atoms with Crippen molar-refractivity contribution in [3.8, 4) is 11.8 Å². The van der Waals surface area contributed by atoms with Crippen molar-refractivity contribution in [3.05, 3.63) is 96.5 Å². The smallest absolute Gasteiger partial charge is 0.266 e. The summed E-state index contributed by atoms with van der Waals surface area (Å²) in [4.78, 5) is 12.5. The van der Waals surface area contributed by atoms with E-state index in [9.17, 15) is 10.1 Å². The summed E-state index contributed by atoms with van der Waals surface area (Å²) in [7, 11) is 0. The molecule has 3 aromatic carbocycles. The molecule has 0 bridgehead atoms. The first-order valence-electron chi connectivity index (χ1n) is 9.22. The lowest BCUT2D eigenvalue weighted by atomic mass is 10.1. The molecular weight excluding hydrogens is 546 g/mol. The molecule has 0 aliphatic carbocycles. The van der Waals surface area contributed by atoms with Crippen LogP contribution in [0.5, 0.6) is 5.75 Å². The van der Waals surface area contributed by atoms with Crippen molar-refractivity contribution in [1.29, 1.82) is 5.26 Å². The molecule has 3 rings (SSSR count). The first-order chi connectivity index (χ1) is 14.9.